The highest BCUT2D eigenvalue weighted by molar-refractivity contribution is 5.71. The van der Waals surface area contributed by atoms with Crippen LogP contribution in [0.2, 0.25) is 0 Å². The quantitative estimate of drug-likeness (QED) is 0.609. The van der Waals surface area contributed by atoms with Crippen molar-refractivity contribution in [2.24, 2.45) is 5.92 Å². The van der Waals surface area contributed by atoms with Crippen LogP contribution in [-0.4, -0.2) is 29.9 Å². The molecule has 4 heteroatoms. The van der Waals surface area contributed by atoms with Crippen LogP contribution in [0, 0.1) is 5.92 Å². The lowest BCUT2D eigenvalue weighted by Crippen LogP contribution is -2.29. The summed E-state index contributed by atoms with van der Waals surface area (Å²) in [7, 11) is 1.34. The Morgan fingerprint density at radius 3 is 2.62 bits per heavy atom. The van der Waals surface area contributed by atoms with Gasteiger partial charge in [-0.05, 0) is 5.56 Å². The van der Waals surface area contributed by atoms with Gasteiger partial charge in [0.2, 0.25) is 0 Å². The van der Waals surface area contributed by atoms with Crippen LogP contribution >= 0.6 is 0 Å². The van der Waals surface area contributed by atoms with Crippen molar-refractivity contribution in [3.63, 3.8) is 0 Å². The average molecular weight is 223 g/mol. The van der Waals surface area contributed by atoms with Gasteiger partial charge in [-0.1, -0.05) is 37.3 Å². The molecule has 0 aromatic heterocycles. The molecule has 1 atom stereocenters. The van der Waals surface area contributed by atoms with Crippen molar-refractivity contribution in [3.8, 4) is 0 Å². The van der Waals surface area contributed by atoms with Crippen LogP contribution in [0.5, 0.6) is 0 Å². The van der Waals surface area contributed by atoms with Crippen molar-refractivity contribution >= 4 is 5.97 Å². The lowest BCUT2D eigenvalue weighted by atomic mass is 10.1. The molecule has 0 amide bonds. The summed E-state index contributed by atoms with van der Waals surface area (Å²) in [6, 6.07) is 9.58. The minimum Gasteiger partial charge on any atom is -0.469 e. The standard InChI is InChI=1S/C12H17NO3/c1-10(12(14)16-2)8-13(15)9-11-6-4-3-5-7-11/h3-7,10,15H,8-9H2,1-2H3. The Kier molecular flexibility index (Phi) is 4.95. The van der Waals surface area contributed by atoms with Gasteiger partial charge in [0.1, 0.15) is 0 Å². The number of ether oxygens (including phenoxy) is 1. The van der Waals surface area contributed by atoms with E-state index < -0.39 is 0 Å². The van der Waals surface area contributed by atoms with Crippen molar-refractivity contribution < 1.29 is 14.7 Å². The van der Waals surface area contributed by atoms with Crippen LogP contribution in [0.1, 0.15) is 12.5 Å². The molecule has 1 N–H and O–H groups in total. The largest absolute Gasteiger partial charge is 0.469 e. The van der Waals surface area contributed by atoms with Gasteiger partial charge in [0.15, 0.2) is 0 Å². The Bertz CT molecular complexity index is 326. The van der Waals surface area contributed by atoms with Crippen LogP contribution in [-0.2, 0) is 16.1 Å². The summed E-state index contributed by atoms with van der Waals surface area (Å²) in [5, 5.41) is 10.8. The van der Waals surface area contributed by atoms with Gasteiger partial charge in [-0.3, -0.25) is 4.79 Å². The summed E-state index contributed by atoms with van der Waals surface area (Å²) in [5.41, 5.74) is 1.00. The molecule has 4 nitrogen and oxygen atoms in total. The van der Waals surface area contributed by atoms with Gasteiger partial charge < -0.3 is 9.94 Å². The van der Waals surface area contributed by atoms with Crippen LogP contribution in [0.3, 0.4) is 0 Å². The van der Waals surface area contributed by atoms with E-state index in [9.17, 15) is 10.0 Å². The highest BCUT2D eigenvalue weighted by Crippen LogP contribution is 2.06. The molecule has 16 heavy (non-hydrogen) atoms. The van der Waals surface area contributed by atoms with E-state index in [4.69, 9.17) is 0 Å². The minimum absolute atomic E-state index is 0.265. The molecular formula is C12H17NO3. The van der Waals surface area contributed by atoms with Crippen molar-refractivity contribution in [1.82, 2.24) is 5.06 Å². The van der Waals surface area contributed by atoms with Gasteiger partial charge in [-0.25, -0.2) is 0 Å². The van der Waals surface area contributed by atoms with E-state index in [2.05, 4.69) is 4.74 Å². The van der Waals surface area contributed by atoms with Gasteiger partial charge in [0.05, 0.1) is 13.0 Å². The SMILES string of the molecule is COC(=O)C(C)CN(O)Cc1ccccc1. The first-order valence-corrected chi connectivity index (χ1v) is 5.19. The van der Waals surface area contributed by atoms with Crippen LogP contribution < -0.4 is 0 Å². The molecule has 0 heterocycles. The number of hydrogen-bond donors (Lipinski definition) is 1. The van der Waals surface area contributed by atoms with Gasteiger partial charge in [0.25, 0.3) is 0 Å². The molecule has 0 spiro atoms. The second-order valence-corrected chi connectivity index (χ2v) is 3.76. The third-order valence-electron chi connectivity index (χ3n) is 2.30. The third kappa shape index (κ3) is 4.00. The van der Waals surface area contributed by atoms with E-state index in [-0.39, 0.29) is 18.4 Å². The average Bonchev–Trinajstić information content (AvgIpc) is 2.29. The molecule has 0 saturated carbocycles. The molecule has 0 aliphatic rings. The monoisotopic (exact) mass is 223 g/mol. The molecule has 1 unspecified atom stereocenters. The first kappa shape index (κ1) is 12.7. The molecule has 0 aliphatic heterocycles. The molecular weight excluding hydrogens is 206 g/mol. The molecule has 0 bridgehead atoms. The fraction of sp³-hybridized carbons (Fsp3) is 0.417. The summed E-state index contributed by atoms with van der Waals surface area (Å²) in [6.45, 7) is 2.39. The number of hydrogen-bond acceptors (Lipinski definition) is 4. The highest BCUT2D eigenvalue weighted by Gasteiger charge is 2.16. The maximum absolute atomic E-state index is 11.1. The van der Waals surface area contributed by atoms with E-state index in [0.717, 1.165) is 10.6 Å². The first-order valence-electron chi connectivity index (χ1n) is 5.19. The van der Waals surface area contributed by atoms with E-state index in [1.807, 2.05) is 30.3 Å². The molecule has 0 fully saturated rings. The predicted molar refractivity (Wildman–Crippen MR) is 59.8 cm³/mol. The highest BCUT2D eigenvalue weighted by atomic mass is 16.5. The maximum Gasteiger partial charge on any atom is 0.309 e. The fourth-order valence-electron chi connectivity index (χ4n) is 1.45. The molecule has 0 radical (unpaired) electrons. The predicted octanol–water partition coefficient (Wildman–Crippen LogP) is 1.69. The van der Waals surface area contributed by atoms with Crippen molar-refractivity contribution in [2.45, 2.75) is 13.5 Å². The zero-order valence-electron chi connectivity index (χ0n) is 9.59. The van der Waals surface area contributed by atoms with Gasteiger partial charge in [-0.2, -0.15) is 5.06 Å². The maximum atomic E-state index is 11.1. The van der Waals surface area contributed by atoms with E-state index >= 15 is 0 Å². The lowest BCUT2D eigenvalue weighted by Gasteiger charge is -2.18. The Morgan fingerprint density at radius 2 is 2.06 bits per heavy atom. The second-order valence-electron chi connectivity index (χ2n) is 3.76. The molecule has 88 valence electrons. The van der Waals surface area contributed by atoms with E-state index in [0.29, 0.717) is 6.54 Å². The minimum atomic E-state index is -0.335. The van der Waals surface area contributed by atoms with Crippen LogP contribution in [0.25, 0.3) is 0 Å². The normalized spacial score (nSPS) is 12.5. The lowest BCUT2D eigenvalue weighted by molar-refractivity contribution is -0.153. The summed E-state index contributed by atoms with van der Waals surface area (Å²) in [6.07, 6.45) is 0. The number of hydroxylamine groups is 2. The number of benzene rings is 1. The smallest absolute Gasteiger partial charge is 0.309 e. The number of carbonyl (C=O) groups excluding carboxylic acids is 1. The summed E-state index contributed by atoms with van der Waals surface area (Å²) >= 11 is 0. The number of nitrogens with zero attached hydrogens (tertiary/aromatic N) is 1. The summed E-state index contributed by atoms with van der Waals surface area (Å²) in [4.78, 5) is 11.1. The number of methoxy groups -OCH3 is 1. The zero-order chi connectivity index (χ0) is 12.0. The second kappa shape index (κ2) is 6.25. The van der Waals surface area contributed by atoms with Crippen molar-refractivity contribution in [1.29, 1.82) is 0 Å². The summed E-state index contributed by atoms with van der Waals surface area (Å²) < 4.78 is 4.59. The van der Waals surface area contributed by atoms with Crippen LogP contribution in [0.4, 0.5) is 0 Å². The van der Waals surface area contributed by atoms with Crippen LogP contribution in [0.15, 0.2) is 30.3 Å². The molecule has 1 aromatic rings. The van der Waals surface area contributed by atoms with E-state index in [1.54, 1.807) is 6.92 Å². The molecule has 1 rings (SSSR count). The molecule has 0 aliphatic carbocycles. The van der Waals surface area contributed by atoms with Gasteiger partial charge >= 0.3 is 5.97 Å². The Morgan fingerprint density at radius 1 is 1.44 bits per heavy atom. The number of carbonyl (C=O) groups is 1. The fourth-order valence-corrected chi connectivity index (χ4v) is 1.45. The van der Waals surface area contributed by atoms with Gasteiger partial charge in [0, 0.05) is 13.1 Å². The molecule has 1 aromatic carbocycles. The Labute approximate surface area is 95.4 Å². The van der Waals surface area contributed by atoms with E-state index in [1.165, 1.54) is 7.11 Å². The Balaban J connectivity index is 2.42. The van der Waals surface area contributed by atoms with Gasteiger partial charge in [-0.15, -0.1) is 0 Å². The number of esters is 1. The number of rotatable bonds is 5. The summed E-state index contributed by atoms with van der Waals surface area (Å²) in [5.74, 6) is -0.647. The van der Waals surface area contributed by atoms with Crippen molar-refractivity contribution in [2.75, 3.05) is 13.7 Å². The topological polar surface area (TPSA) is 49.8 Å². The third-order valence-corrected chi connectivity index (χ3v) is 2.30. The molecule has 0 saturated heterocycles. The first-order chi connectivity index (χ1) is 7.63. The zero-order valence-corrected chi connectivity index (χ0v) is 9.59. The van der Waals surface area contributed by atoms with Crippen molar-refractivity contribution in [3.05, 3.63) is 35.9 Å². The Hall–Kier alpha value is -1.39.